The van der Waals surface area contributed by atoms with E-state index in [4.69, 9.17) is 20.9 Å². The molecule has 0 N–H and O–H groups in total. The van der Waals surface area contributed by atoms with Crippen LogP contribution in [0.2, 0.25) is 5.02 Å². The fourth-order valence-corrected chi connectivity index (χ4v) is 3.80. The van der Waals surface area contributed by atoms with Gasteiger partial charge >= 0.3 is 0 Å². The molecule has 1 amide bonds. The Kier molecular flexibility index (Phi) is 4.81. The van der Waals surface area contributed by atoms with E-state index in [1.54, 1.807) is 30.2 Å². The maximum atomic E-state index is 13.2. The lowest BCUT2D eigenvalue weighted by atomic mass is 9.88. The molecule has 2 aromatic carbocycles. The van der Waals surface area contributed by atoms with Gasteiger partial charge in [0, 0.05) is 29.9 Å². The number of amides is 1. The molecule has 1 aromatic heterocycles. The Hall–Kier alpha value is -2.86. The summed E-state index contributed by atoms with van der Waals surface area (Å²) >= 11 is 6.10. The number of methoxy groups -OCH3 is 1. The Morgan fingerprint density at radius 3 is 2.67 bits per heavy atom. The van der Waals surface area contributed by atoms with Crippen LogP contribution in [0.4, 0.5) is 0 Å². The summed E-state index contributed by atoms with van der Waals surface area (Å²) in [5, 5.41) is 4.51. The van der Waals surface area contributed by atoms with E-state index < -0.39 is 0 Å². The van der Waals surface area contributed by atoms with Crippen molar-refractivity contribution in [2.24, 2.45) is 0 Å². The number of likely N-dealkylation sites (tertiary alicyclic amines) is 1. The highest BCUT2D eigenvalue weighted by molar-refractivity contribution is 6.31. The van der Waals surface area contributed by atoms with E-state index in [9.17, 15) is 4.79 Å². The van der Waals surface area contributed by atoms with Crippen LogP contribution in [-0.2, 0) is 0 Å². The van der Waals surface area contributed by atoms with Gasteiger partial charge in [-0.3, -0.25) is 4.79 Å². The molecule has 3 aromatic rings. The predicted octanol–water partition coefficient (Wildman–Crippen LogP) is 3.76. The molecule has 1 fully saturated rings. The Morgan fingerprint density at radius 1 is 1.19 bits per heavy atom. The third-order valence-electron chi connectivity index (χ3n) is 4.94. The van der Waals surface area contributed by atoms with Gasteiger partial charge in [-0.1, -0.05) is 47.1 Å². The zero-order chi connectivity index (χ0) is 18.8. The van der Waals surface area contributed by atoms with Gasteiger partial charge in [-0.2, -0.15) is 4.98 Å². The van der Waals surface area contributed by atoms with Crippen LogP contribution in [0.3, 0.4) is 0 Å². The van der Waals surface area contributed by atoms with Gasteiger partial charge in [0.05, 0.1) is 12.7 Å². The summed E-state index contributed by atoms with van der Waals surface area (Å²) < 4.78 is 10.3. The van der Waals surface area contributed by atoms with Gasteiger partial charge < -0.3 is 14.2 Å². The monoisotopic (exact) mass is 383 g/mol. The van der Waals surface area contributed by atoms with Crippen molar-refractivity contribution in [2.75, 3.05) is 20.2 Å². The summed E-state index contributed by atoms with van der Waals surface area (Å²) in [6.07, 6.45) is 1.32. The number of benzene rings is 2. The summed E-state index contributed by atoms with van der Waals surface area (Å²) in [6.45, 7) is 1.05. The van der Waals surface area contributed by atoms with Gasteiger partial charge in [0.15, 0.2) is 5.82 Å². The minimum absolute atomic E-state index is 0.0414. The molecule has 138 valence electrons. The molecule has 27 heavy (non-hydrogen) atoms. The first kappa shape index (κ1) is 17.5. The van der Waals surface area contributed by atoms with Gasteiger partial charge in [0.1, 0.15) is 5.75 Å². The van der Waals surface area contributed by atoms with E-state index >= 15 is 0 Å². The first-order chi connectivity index (χ1) is 13.2. The molecular formula is C20H18ClN3O3. The number of halogens is 1. The minimum Gasteiger partial charge on any atom is -0.496 e. The second kappa shape index (κ2) is 7.40. The average Bonchev–Trinajstić information content (AvgIpc) is 3.37. The molecule has 1 saturated heterocycles. The maximum absolute atomic E-state index is 13.2. The summed E-state index contributed by atoms with van der Waals surface area (Å²) in [7, 11) is 1.54. The molecule has 6 nitrogen and oxygen atoms in total. The lowest BCUT2D eigenvalue weighted by molar-refractivity contribution is 0.0785. The van der Waals surface area contributed by atoms with Crippen LogP contribution in [-0.4, -0.2) is 41.1 Å². The molecule has 7 heteroatoms. The molecule has 0 spiro atoms. The lowest BCUT2D eigenvalue weighted by Crippen LogP contribution is -2.29. The highest BCUT2D eigenvalue weighted by Gasteiger charge is 2.40. The minimum atomic E-state index is -0.124. The molecule has 2 heterocycles. The SMILES string of the molecule is COc1ccc(Cl)cc1C(=O)N1CC(c2ccccc2)C(c2ncon2)C1. The van der Waals surface area contributed by atoms with Crippen molar-refractivity contribution in [1.29, 1.82) is 0 Å². The van der Waals surface area contributed by atoms with Crippen LogP contribution in [0.5, 0.6) is 5.75 Å². The number of ether oxygens (including phenoxy) is 1. The second-order valence-electron chi connectivity index (χ2n) is 6.47. The molecule has 0 saturated carbocycles. The topological polar surface area (TPSA) is 68.5 Å². The van der Waals surface area contributed by atoms with Crippen LogP contribution in [0, 0.1) is 0 Å². The zero-order valence-electron chi connectivity index (χ0n) is 14.7. The van der Waals surface area contributed by atoms with Crippen molar-refractivity contribution in [2.45, 2.75) is 11.8 Å². The van der Waals surface area contributed by atoms with Crippen LogP contribution < -0.4 is 4.74 Å². The van der Waals surface area contributed by atoms with E-state index in [-0.39, 0.29) is 17.7 Å². The molecule has 4 rings (SSSR count). The van der Waals surface area contributed by atoms with E-state index in [0.29, 0.717) is 35.2 Å². The largest absolute Gasteiger partial charge is 0.496 e. The second-order valence-corrected chi connectivity index (χ2v) is 6.90. The van der Waals surface area contributed by atoms with E-state index in [1.807, 2.05) is 18.2 Å². The zero-order valence-corrected chi connectivity index (χ0v) is 15.5. The number of rotatable bonds is 4. The maximum Gasteiger partial charge on any atom is 0.257 e. The number of aromatic nitrogens is 2. The smallest absolute Gasteiger partial charge is 0.257 e. The van der Waals surface area contributed by atoms with E-state index in [2.05, 4.69) is 22.3 Å². The normalized spacial score (nSPS) is 19.3. The van der Waals surface area contributed by atoms with Crippen LogP contribution in [0.15, 0.2) is 59.4 Å². The van der Waals surface area contributed by atoms with Crippen molar-refractivity contribution in [3.8, 4) is 5.75 Å². The molecule has 0 aliphatic carbocycles. The summed E-state index contributed by atoms with van der Waals surface area (Å²) in [4.78, 5) is 19.2. The lowest BCUT2D eigenvalue weighted by Gasteiger charge is -2.18. The van der Waals surface area contributed by atoms with Crippen LogP contribution in [0.25, 0.3) is 0 Å². The number of carbonyl (C=O) groups is 1. The fourth-order valence-electron chi connectivity index (χ4n) is 3.63. The van der Waals surface area contributed by atoms with Crippen molar-refractivity contribution >= 4 is 17.5 Å². The highest BCUT2D eigenvalue weighted by Crippen LogP contribution is 2.39. The van der Waals surface area contributed by atoms with Gasteiger partial charge in [-0.15, -0.1) is 0 Å². The Labute approximate surface area is 161 Å². The molecular weight excluding hydrogens is 366 g/mol. The molecule has 1 aliphatic rings. The molecule has 2 unspecified atom stereocenters. The number of hydrogen-bond acceptors (Lipinski definition) is 5. The quantitative estimate of drug-likeness (QED) is 0.686. The number of nitrogens with zero attached hydrogens (tertiary/aromatic N) is 3. The predicted molar refractivity (Wildman–Crippen MR) is 100 cm³/mol. The Bertz CT molecular complexity index is 931. The van der Waals surface area contributed by atoms with Crippen molar-refractivity contribution in [1.82, 2.24) is 15.0 Å². The summed E-state index contributed by atoms with van der Waals surface area (Å²) in [5.74, 6) is 1.03. The third-order valence-corrected chi connectivity index (χ3v) is 5.17. The Morgan fingerprint density at radius 2 is 1.96 bits per heavy atom. The third kappa shape index (κ3) is 3.40. The number of hydrogen-bond donors (Lipinski definition) is 0. The molecule has 1 aliphatic heterocycles. The summed E-state index contributed by atoms with van der Waals surface area (Å²) in [6, 6.07) is 15.1. The fraction of sp³-hybridized carbons (Fsp3) is 0.250. The standard InChI is InChI=1S/C20H18ClN3O3/c1-26-18-8-7-14(21)9-15(18)20(25)24-10-16(13-5-3-2-4-6-13)17(11-24)19-22-12-27-23-19/h2-9,12,16-17H,10-11H2,1H3. The van der Waals surface area contributed by atoms with Crippen molar-refractivity contribution in [3.63, 3.8) is 0 Å². The van der Waals surface area contributed by atoms with Crippen molar-refractivity contribution < 1.29 is 14.1 Å². The number of carbonyl (C=O) groups excluding carboxylic acids is 1. The molecule has 2 atom stereocenters. The van der Waals surface area contributed by atoms with Gasteiger partial charge in [0.2, 0.25) is 6.39 Å². The highest BCUT2D eigenvalue weighted by atomic mass is 35.5. The molecule has 0 bridgehead atoms. The van der Waals surface area contributed by atoms with Crippen LogP contribution >= 0.6 is 11.6 Å². The molecule has 0 radical (unpaired) electrons. The summed E-state index contributed by atoms with van der Waals surface area (Å²) in [5.41, 5.74) is 1.59. The van der Waals surface area contributed by atoms with Crippen LogP contribution in [0.1, 0.15) is 33.6 Å². The van der Waals surface area contributed by atoms with Gasteiger partial charge in [-0.05, 0) is 23.8 Å². The Balaban J connectivity index is 1.67. The first-order valence-electron chi connectivity index (χ1n) is 8.61. The van der Waals surface area contributed by atoms with E-state index in [1.165, 1.54) is 6.39 Å². The van der Waals surface area contributed by atoms with Gasteiger partial charge in [-0.25, -0.2) is 0 Å². The van der Waals surface area contributed by atoms with Gasteiger partial charge in [0.25, 0.3) is 5.91 Å². The average molecular weight is 384 g/mol. The van der Waals surface area contributed by atoms with Crippen molar-refractivity contribution in [3.05, 3.63) is 76.9 Å². The first-order valence-corrected chi connectivity index (χ1v) is 8.99. The van der Waals surface area contributed by atoms with E-state index in [0.717, 1.165) is 5.56 Å².